The van der Waals surface area contributed by atoms with Gasteiger partial charge < -0.3 is 0 Å². The fraction of sp³-hybridized carbons (Fsp3) is 0.818. The molecule has 0 aliphatic heterocycles. The molecule has 0 saturated heterocycles. The largest absolute Gasteiger partial charge is 0.120 e. The lowest BCUT2D eigenvalue weighted by Crippen LogP contribution is -1.97. The third-order valence-corrected chi connectivity index (χ3v) is 0.433. The molecule has 66 valence electrons. The van der Waals surface area contributed by atoms with Gasteiger partial charge in [0.15, 0.2) is 0 Å². The van der Waals surface area contributed by atoms with E-state index in [9.17, 15) is 0 Å². The van der Waals surface area contributed by atoms with Crippen molar-refractivity contribution in [1.82, 2.24) is 0 Å². The minimum Gasteiger partial charge on any atom is -0.120 e. The number of terminal acetylenes is 1. The quantitative estimate of drug-likeness (QED) is 0.466. The third kappa shape index (κ3) is 83.4. The van der Waals surface area contributed by atoms with Crippen molar-refractivity contribution in [3.8, 4) is 12.3 Å². The van der Waals surface area contributed by atoms with Gasteiger partial charge in [-0.15, -0.1) is 12.3 Å². The molecule has 0 saturated carbocycles. The Kier molecular flexibility index (Phi) is 5.32. The fourth-order valence-corrected chi connectivity index (χ4v) is 0. The van der Waals surface area contributed by atoms with Crippen LogP contribution in [0, 0.1) is 23.2 Å². The fourth-order valence-electron chi connectivity index (χ4n) is 0. The minimum absolute atomic E-state index is 0.0694. The molecule has 0 bridgehead atoms. The molecule has 0 aromatic heterocycles. The van der Waals surface area contributed by atoms with Crippen LogP contribution in [0.5, 0.6) is 0 Å². The van der Waals surface area contributed by atoms with Crippen LogP contribution < -0.4 is 0 Å². The normalized spacial score (nSPS) is 11.1. The molecule has 0 nitrogen and oxygen atoms in total. The van der Waals surface area contributed by atoms with Crippen LogP contribution in [0.25, 0.3) is 0 Å². The van der Waals surface area contributed by atoms with Crippen molar-refractivity contribution < 1.29 is 0 Å². The van der Waals surface area contributed by atoms with Gasteiger partial charge in [-0.1, -0.05) is 27.7 Å². The van der Waals surface area contributed by atoms with Crippen molar-refractivity contribution in [2.24, 2.45) is 10.8 Å². The molecular formula is C11H22. The monoisotopic (exact) mass is 154 g/mol. The summed E-state index contributed by atoms with van der Waals surface area (Å²) in [4.78, 5) is 0. The highest BCUT2D eigenvalue weighted by Gasteiger charge is 2.00. The van der Waals surface area contributed by atoms with Crippen LogP contribution in [0.2, 0.25) is 0 Å². The molecule has 0 radical (unpaired) electrons. The Morgan fingerprint density at radius 1 is 0.818 bits per heavy atom. The van der Waals surface area contributed by atoms with Gasteiger partial charge in [0.05, 0.1) is 0 Å². The molecular weight excluding hydrogens is 132 g/mol. The second-order valence-electron chi connectivity index (χ2n) is 5.39. The number of hydrogen-bond acceptors (Lipinski definition) is 0. The maximum Gasteiger partial charge on any atom is 0.0227 e. The molecule has 0 heterocycles. The average molecular weight is 154 g/mol. The Bertz CT molecular complexity index is 116. The smallest absolute Gasteiger partial charge is 0.0227 e. The van der Waals surface area contributed by atoms with Crippen molar-refractivity contribution in [2.75, 3.05) is 0 Å². The maximum absolute atomic E-state index is 5.06. The van der Waals surface area contributed by atoms with Gasteiger partial charge in [0.25, 0.3) is 0 Å². The van der Waals surface area contributed by atoms with Crippen LogP contribution in [0.3, 0.4) is 0 Å². The SMILES string of the molecule is C#CC(C)(C)C.CC(C)(C)C. The maximum atomic E-state index is 5.06. The Labute approximate surface area is 72.4 Å². The van der Waals surface area contributed by atoms with E-state index in [-0.39, 0.29) is 5.41 Å². The molecule has 0 unspecified atom stereocenters. The van der Waals surface area contributed by atoms with Gasteiger partial charge in [-0.25, -0.2) is 0 Å². The molecule has 0 aliphatic carbocycles. The summed E-state index contributed by atoms with van der Waals surface area (Å²) in [7, 11) is 0. The summed E-state index contributed by atoms with van der Waals surface area (Å²) in [6.45, 7) is 14.8. The van der Waals surface area contributed by atoms with Crippen LogP contribution >= 0.6 is 0 Å². The summed E-state index contributed by atoms with van der Waals surface area (Å²) in [5.41, 5.74) is 0.569. The van der Waals surface area contributed by atoms with Crippen LogP contribution in [0.1, 0.15) is 48.5 Å². The highest BCUT2D eigenvalue weighted by molar-refractivity contribution is 4.96. The lowest BCUT2D eigenvalue weighted by molar-refractivity contribution is 0.469. The molecule has 0 rings (SSSR count). The number of hydrogen-bond donors (Lipinski definition) is 0. The van der Waals surface area contributed by atoms with Gasteiger partial charge in [0.1, 0.15) is 0 Å². The first kappa shape index (κ1) is 13.2. The summed E-state index contributed by atoms with van der Waals surface area (Å²) in [6, 6.07) is 0. The van der Waals surface area contributed by atoms with Crippen LogP contribution in [-0.4, -0.2) is 0 Å². The first-order valence-electron chi connectivity index (χ1n) is 4.04. The average Bonchev–Trinajstić information content (AvgIpc) is 1.59. The van der Waals surface area contributed by atoms with Gasteiger partial charge in [0, 0.05) is 5.41 Å². The second-order valence-corrected chi connectivity index (χ2v) is 5.39. The van der Waals surface area contributed by atoms with Crippen molar-refractivity contribution in [3.63, 3.8) is 0 Å². The Balaban J connectivity index is 0. The zero-order chi connectivity index (χ0) is 9.71. The highest BCUT2D eigenvalue weighted by atomic mass is 14.0. The van der Waals surface area contributed by atoms with E-state index >= 15 is 0 Å². The summed E-state index contributed by atoms with van der Waals surface area (Å²) < 4.78 is 0. The molecule has 0 spiro atoms. The summed E-state index contributed by atoms with van der Waals surface area (Å²) >= 11 is 0. The van der Waals surface area contributed by atoms with Crippen molar-refractivity contribution in [1.29, 1.82) is 0 Å². The molecule has 0 heteroatoms. The van der Waals surface area contributed by atoms with Crippen LogP contribution in [0.15, 0.2) is 0 Å². The van der Waals surface area contributed by atoms with Gasteiger partial charge in [-0.2, -0.15) is 0 Å². The molecule has 0 aromatic carbocycles. The van der Waals surface area contributed by atoms with Crippen LogP contribution in [0.4, 0.5) is 0 Å². The van der Waals surface area contributed by atoms with Crippen LogP contribution in [-0.2, 0) is 0 Å². The van der Waals surface area contributed by atoms with E-state index in [1.54, 1.807) is 0 Å². The number of rotatable bonds is 0. The topological polar surface area (TPSA) is 0 Å². The molecule has 0 fully saturated rings. The molecule has 0 atom stereocenters. The van der Waals surface area contributed by atoms with Crippen molar-refractivity contribution in [3.05, 3.63) is 0 Å². The minimum atomic E-state index is 0.0694. The van der Waals surface area contributed by atoms with Gasteiger partial charge >= 0.3 is 0 Å². The van der Waals surface area contributed by atoms with E-state index in [0.29, 0.717) is 5.41 Å². The molecule has 0 amide bonds. The van der Waals surface area contributed by atoms with Crippen molar-refractivity contribution in [2.45, 2.75) is 48.5 Å². The van der Waals surface area contributed by atoms with Crippen molar-refractivity contribution >= 4 is 0 Å². The van der Waals surface area contributed by atoms with E-state index in [1.165, 1.54) is 0 Å². The van der Waals surface area contributed by atoms with E-state index in [2.05, 4.69) is 33.6 Å². The van der Waals surface area contributed by atoms with Gasteiger partial charge in [-0.3, -0.25) is 0 Å². The Hall–Kier alpha value is -0.440. The zero-order valence-electron chi connectivity index (χ0n) is 9.08. The third-order valence-electron chi connectivity index (χ3n) is 0.433. The lowest BCUT2D eigenvalue weighted by Gasteiger charge is -2.05. The first-order chi connectivity index (χ1) is 4.56. The second kappa shape index (κ2) is 4.44. The predicted octanol–water partition coefficient (Wildman–Crippen LogP) is 3.72. The predicted molar refractivity (Wildman–Crippen MR) is 53.4 cm³/mol. The summed E-state index contributed by atoms with van der Waals surface area (Å²) in [6.07, 6.45) is 5.06. The highest BCUT2D eigenvalue weighted by Crippen LogP contribution is 2.08. The molecule has 11 heavy (non-hydrogen) atoms. The van der Waals surface area contributed by atoms with Gasteiger partial charge in [0.2, 0.25) is 0 Å². The van der Waals surface area contributed by atoms with E-state index < -0.39 is 0 Å². The zero-order valence-corrected chi connectivity index (χ0v) is 9.08. The molecule has 0 aliphatic rings. The van der Waals surface area contributed by atoms with Gasteiger partial charge in [-0.05, 0) is 26.2 Å². The molecule has 0 N–H and O–H groups in total. The van der Waals surface area contributed by atoms with E-state index in [1.807, 2.05) is 20.8 Å². The van der Waals surface area contributed by atoms with E-state index in [0.717, 1.165) is 0 Å². The molecule has 0 aromatic rings. The Morgan fingerprint density at radius 2 is 0.909 bits per heavy atom. The lowest BCUT2D eigenvalue weighted by atomic mass is 9.99. The summed E-state index contributed by atoms with van der Waals surface area (Å²) in [5.74, 6) is 2.60. The Morgan fingerprint density at radius 3 is 0.909 bits per heavy atom. The standard InChI is InChI=1S/C6H10.C5H12/c1-5-6(2,3)4;1-5(2,3)4/h1H,2-4H3;1-4H3. The summed E-state index contributed by atoms with van der Waals surface area (Å²) in [5, 5.41) is 0. The van der Waals surface area contributed by atoms with E-state index in [4.69, 9.17) is 6.42 Å². The first-order valence-corrected chi connectivity index (χ1v) is 4.04.